The minimum absolute atomic E-state index is 0.647. The molecule has 0 aromatic rings. The van der Waals surface area contributed by atoms with Crippen molar-refractivity contribution in [2.45, 2.75) is 19.6 Å². The van der Waals surface area contributed by atoms with Gasteiger partial charge in [-0.3, -0.25) is 14.4 Å². The fourth-order valence-corrected chi connectivity index (χ4v) is 3.92. The van der Waals surface area contributed by atoms with Gasteiger partial charge in [0.05, 0.1) is 6.54 Å². The lowest BCUT2D eigenvalue weighted by Crippen LogP contribution is -2.54. The number of hydrogen-bond donors (Lipinski definition) is 5. The van der Waals surface area contributed by atoms with Gasteiger partial charge < -0.3 is 14.9 Å². The summed E-state index contributed by atoms with van der Waals surface area (Å²) in [6, 6.07) is 0. The van der Waals surface area contributed by atoms with Crippen LogP contribution in [-0.4, -0.2) is 47.4 Å². The van der Waals surface area contributed by atoms with Crippen molar-refractivity contribution in [3.8, 4) is 0 Å². The molecule has 11 heteroatoms. The minimum atomic E-state index is -5.27. The Hall–Kier alpha value is -0.270. The highest BCUT2D eigenvalue weighted by Gasteiger charge is 2.61. The Morgan fingerprint density at radius 3 is 1.69 bits per heavy atom. The van der Waals surface area contributed by atoms with Crippen molar-refractivity contribution in [2.24, 2.45) is 0 Å². The van der Waals surface area contributed by atoms with Gasteiger partial charge in [0.2, 0.25) is 5.78 Å². The van der Waals surface area contributed by atoms with E-state index < -0.39 is 38.0 Å². The van der Waals surface area contributed by atoms with Gasteiger partial charge in [-0.1, -0.05) is 0 Å². The number of nitrogens with zero attached hydrogens (tertiary/aromatic N) is 1. The quantitative estimate of drug-likeness (QED) is 0.454. The van der Waals surface area contributed by atoms with Crippen molar-refractivity contribution in [3.05, 3.63) is 0 Å². The van der Waals surface area contributed by atoms with Gasteiger partial charge in [-0.15, -0.1) is 4.25 Å². The van der Waals surface area contributed by atoms with Crippen LogP contribution in [0.25, 0.3) is 0 Å². The zero-order valence-corrected chi connectivity index (χ0v) is 10.4. The highest BCUT2D eigenvalue weighted by atomic mass is 31.2. The first-order valence-corrected chi connectivity index (χ1v) is 7.38. The van der Waals surface area contributed by atoms with Crippen molar-refractivity contribution in [2.75, 3.05) is 6.54 Å². The highest BCUT2D eigenvalue weighted by molar-refractivity contribution is 7.53. The Balaban J connectivity index is 5.87. The second kappa shape index (κ2) is 4.54. The number of carboxylic acid groups (broad SMARTS) is 1. The van der Waals surface area contributed by atoms with Gasteiger partial charge in [0.15, 0.2) is 0 Å². The lowest BCUT2D eigenvalue weighted by Gasteiger charge is -2.35. The van der Waals surface area contributed by atoms with Gasteiger partial charge in [0, 0.05) is 6.92 Å². The van der Waals surface area contributed by atoms with E-state index in [1.54, 1.807) is 0 Å². The standard InChI is InChI=1S/C5H13NO8P2/c1-3-6(5(7)8,16(12,13)14)4(2)15(9,10)11/h4H,3H2,1-2H3,(H4-,7,8,9,10,11,12,13,14)/p+1. The first-order valence-electron chi connectivity index (χ1n) is 4.13. The van der Waals surface area contributed by atoms with Crippen LogP contribution < -0.4 is 0 Å². The molecule has 0 aromatic heterocycles. The van der Waals surface area contributed by atoms with E-state index in [4.69, 9.17) is 24.7 Å². The van der Waals surface area contributed by atoms with Gasteiger partial charge in [-0.05, 0) is 6.92 Å². The van der Waals surface area contributed by atoms with Gasteiger partial charge >= 0.3 is 21.4 Å². The monoisotopic (exact) mass is 278 g/mol. The molecule has 0 radical (unpaired) electrons. The average Bonchev–Trinajstić information content (AvgIpc) is 2.00. The van der Waals surface area contributed by atoms with Crippen LogP contribution >= 0.6 is 15.3 Å². The Labute approximate surface area is 91.3 Å². The van der Waals surface area contributed by atoms with Gasteiger partial charge in [0.25, 0.3) is 0 Å². The lowest BCUT2D eigenvalue weighted by atomic mass is 10.5. The van der Waals surface area contributed by atoms with Gasteiger partial charge in [0.1, 0.15) is 0 Å². The van der Waals surface area contributed by atoms with Crippen LogP contribution in [0.2, 0.25) is 0 Å². The molecule has 2 atom stereocenters. The maximum absolute atomic E-state index is 11.2. The summed E-state index contributed by atoms with van der Waals surface area (Å²) in [5.41, 5.74) is 0. The molecule has 0 rings (SSSR count). The fourth-order valence-electron chi connectivity index (χ4n) is 1.32. The van der Waals surface area contributed by atoms with Crippen molar-refractivity contribution in [3.63, 3.8) is 0 Å². The molecule has 0 aromatic carbocycles. The third kappa shape index (κ3) is 2.52. The molecule has 0 aliphatic rings. The van der Waals surface area contributed by atoms with E-state index in [-0.39, 0.29) is 0 Å². The highest BCUT2D eigenvalue weighted by Crippen LogP contribution is 2.59. The molecular weight excluding hydrogens is 264 g/mol. The van der Waals surface area contributed by atoms with E-state index in [2.05, 4.69) is 0 Å². The minimum Gasteiger partial charge on any atom is -0.435 e. The summed E-state index contributed by atoms with van der Waals surface area (Å²) in [6.45, 7) is 1.27. The average molecular weight is 278 g/mol. The summed E-state index contributed by atoms with van der Waals surface area (Å²) in [5, 5.41) is 8.83. The Kier molecular flexibility index (Phi) is 4.46. The second-order valence-corrected chi connectivity index (χ2v) is 6.83. The molecule has 0 saturated heterocycles. The van der Waals surface area contributed by atoms with E-state index in [1.807, 2.05) is 0 Å². The van der Waals surface area contributed by atoms with Crippen molar-refractivity contribution < 1.29 is 42.9 Å². The third-order valence-corrected chi connectivity index (χ3v) is 5.66. The summed E-state index contributed by atoms with van der Waals surface area (Å²) >= 11 is 0. The molecule has 2 unspecified atom stereocenters. The number of carbonyl (C=O) groups is 1. The fraction of sp³-hybridized carbons (Fsp3) is 0.800. The normalized spacial score (nSPS) is 18.9. The smallest absolute Gasteiger partial charge is 0.435 e. The molecule has 5 N–H and O–H groups in total. The summed E-state index contributed by atoms with van der Waals surface area (Å²) in [7, 11) is -10.2. The first-order chi connectivity index (χ1) is 6.91. The van der Waals surface area contributed by atoms with Crippen molar-refractivity contribution >= 4 is 21.4 Å². The second-order valence-electron chi connectivity index (χ2n) is 3.16. The molecule has 0 bridgehead atoms. The zero-order chi connectivity index (χ0) is 13.4. The lowest BCUT2D eigenvalue weighted by molar-refractivity contribution is -0.759. The van der Waals surface area contributed by atoms with Crippen LogP contribution in [0.15, 0.2) is 0 Å². The summed E-state index contributed by atoms with van der Waals surface area (Å²) in [6.07, 6.45) is -1.98. The van der Waals surface area contributed by atoms with E-state index in [1.165, 1.54) is 0 Å². The summed E-state index contributed by atoms with van der Waals surface area (Å²) < 4.78 is 20.1. The van der Waals surface area contributed by atoms with Crippen LogP contribution in [-0.2, 0) is 9.13 Å². The molecule has 96 valence electrons. The molecule has 16 heavy (non-hydrogen) atoms. The van der Waals surface area contributed by atoms with Crippen LogP contribution in [0.5, 0.6) is 0 Å². The van der Waals surface area contributed by atoms with Crippen LogP contribution in [0, 0.1) is 0 Å². The molecule has 0 fully saturated rings. The predicted octanol–water partition coefficient (Wildman–Crippen LogP) is 0.117. The van der Waals surface area contributed by atoms with E-state index in [0.29, 0.717) is 0 Å². The molecule has 0 aliphatic heterocycles. The van der Waals surface area contributed by atoms with Gasteiger partial charge in [-0.2, -0.15) is 4.79 Å². The molecule has 9 nitrogen and oxygen atoms in total. The maximum atomic E-state index is 11.2. The molecule has 1 amide bonds. The van der Waals surface area contributed by atoms with Gasteiger partial charge in [-0.25, -0.2) is 4.57 Å². The Bertz CT molecular complexity index is 371. The van der Waals surface area contributed by atoms with Crippen LogP contribution in [0.4, 0.5) is 4.79 Å². The predicted molar refractivity (Wildman–Crippen MR) is 52.4 cm³/mol. The molecular formula is C5H14NO8P2+. The number of quaternary nitrogens is 1. The van der Waals surface area contributed by atoms with E-state index in [0.717, 1.165) is 13.8 Å². The van der Waals surface area contributed by atoms with Crippen LogP contribution in [0.3, 0.4) is 0 Å². The maximum Gasteiger partial charge on any atom is 0.537 e. The zero-order valence-electron chi connectivity index (χ0n) is 8.59. The topological polar surface area (TPSA) is 152 Å². The molecule has 0 saturated carbocycles. The van der Waals surface area contributed by atoms with E-state index >= 15 is 0 Å². The molecule has 0 heterocycles. The molecule has 0 spiro atoms. The number of rotatable bonds is 4. The Morgan fingerprint density at radius 1 is 1.25 bits per heavy atom. The van der Waals surface area contributed by atoms with Crippen molar-refractivity contribution in [1.29, 1.82) is 0 Å². The molecule has 0 aliphatic carbocycles. The number of amides is 1. The third-order valence-electron chi connectivity index (χ3n) is 2.38. The Morgan fingerprint density at radius 2 is 1.62 bits per heavy atom. The van der Waals surface area contributed by atoms with Crippen LogP contribution in [0.1, 0.15) is 13.8 Å². The largest absolute Gasteiger partial charge is 0.537 e. The summed E-state index contributed by atoms with van der Waals surface area (Å²) in [4.78, 5) is 46.6. The van der Waals surface area contributed by atoms with E-state index in [9.17, 15) is 13.9 Å². The SMILES string of the molecule is CC[N+](C(=O)O)(C(C)P(=O)(O)O)P(=O)(O)O. The summed E-state index contributed by atoms with van der Waals surface area (Å²) in [5.74, 6) is -2.03. The van der Waals surface area contributed by atoms with Crippen molar-refractivity contribution in [1.82, 2.24) is 0 Å². The first kappa shape index (κ1) is 15.7. The number of hydrogen-bond acceptors (Lipinski definition) is 3.